The largest absolute Gasteiger partial charge is 0.491 e. The van der Waals surface area contributed by atoms with Crippen molar-refractivity contribution in [1.82, 2.24) is 15.2 Å². The van der Waals surface area contributed by atoms with Crippen LogP contribution in [0.2, 0.25) is 0 Å². The van der Waals surface area contributed by atoms with Crippen LogP contribution in [0.15, 0.2) is 24.3 Å². The van der Waals surface area contributed by atoms with E-state index in [2.05, 4.69) is 15.6 Å². The number of benzene rings is 1. The number of amides is 1. The van der Waals surface area contributed by atoms with E-state index in [0.717, 1.165) is 11.8 Å². The summed E-state index contributed by atoms with van der Waals surface area (Å²) in [6.45, 7) is 8.37. The Kier molecular flexibility index (Phi) is 9.48. The van der Waals surface area contributed by atoms with Gasteiger partial charge in [-0.15, -0.1) is 17.0 Å². The molecule has 0 fully saturated rings. The van der Waals surface area contributed by atoms with Crippen LogP contribution >= 0.6 is 17.0 Å². The number of carbonyl (C=O) groups is 2. The number of anilines is 1. The number of aromatic nitrogens is 1. The monoisotopic (exact) mass is 595 g/mol. The van der Waals surface area contributed by atoms with Gasteiger partial charge < -0.3 is 20.3 Å². The minimum absolute atomic E-state index is 0. The van der Waals surface area contributed by atoms with Gasteiger partial charge >= 0.3 is 0 Å². The minimum Gasteiger partial charge on any atom is -0.491 e. The van der Waals surface area contributed by atoms with E-state index in [0.29, 0.717) is 41.4 Å². The van der Waals surface area contributed by atoms with Crippen molar-refractivity contribution in [1.29, 1.82) is 5.41 Å². The fraction of sp³-hybridized carbons (Fsp3) is 0.440. The first-order chi connectivity index (χ1) is 16.7. The Hall–Kier alpha value is -2.99. The van der Waals surface area contributed by atoms with E-state index in [-0.39, 0.29) is 52.1 Å². The number of carbonyl (C=O) groups excluding carboxylic acids is 2. The molecule has 0 saturated heterocycles. The number of nitrogens with one attached hydrogen (secondary N) is 3. The number of Topliss-reactive ketones (excluding diaryl/α,β-unsaturated/α-hetero) is 1. The van der Waals surface area contributed by atoms with E-state index in [4.69, 9.17) is 10.1 Å². The number of rotatable bonds is 9. The van der Waals surface area contributed by atoms with E-state index in [9.17, 15) is 18.0 Å². The van der Waals surface area contributed by atoms with Crippen molar-refractivity contribution in [3.63, 3.8) is 0 Å². The van der Waals surface area contributed by atoms with E-state index in [1.807, 2.05) is 27.7 Å². The highest BCUT2D eigenvalue weighted by atomic mass is 79.9. The van der Waals surface area contributed by atoms with Crippen LogP contribution in [0.4, 0.5) is 5.69 Å². The molecule has 0 saturated carbocycles. The number of nitrogens with zero attached hydrogens (tertiary/aromatic N) is 2. The predicted octanol–water partition coefficient (Wildman–Crippen LogP) is 3.15. The standard InChI is InChI=1S/C25H33N5O5S.BrH/c1-7-35-20-11-16-12-30(23(26)21(16)29-22(20)24(32)27-5)13-19(31)15-8-9-18(28-14-36(6,33)34)17(10-15)25(2,3)4;/h8-11,26,28H,7,12-14H2,1-6H3,(H,27,32);1H. The number of sulfone groups is 1. The number of halogens is 1. The fourth-order valence-electron chi connectivity index (χ4n) is 3.94. The number of hydrogen-bond donors (Lipinski definition) is 3. The van der Waals surface area contributed by atoms with Gasteiger partial charge in [0.25, 0.3) is 5.91 Å². The van der Waals surface area contributed by atoms with Gasteiger partial charge in [0, 0.05) is 36.7 Å². The van der Waals surface area contributed by atoms with Crippen molar-refractivity contribution < 1.29 is 22.7 Å². The molecule has 1 aromatic carbocycles. The third-order valence-electron chi connectivity index (χ3n) is 5.72. The number of ketones is 1. The Morgan fingerprint density at radius 2 is 1.89 bits per heavy atom. The highest BCUT2D eigenvalue weighted by Crippen LogP contribution is 2.32. The Balaban J connectivity index is 0.00000481. The first-order valence-electron chi connectivity index (χ1n) is 11.6. The molecular weight excluding hydrogens is 562 g/mol. The van der Waals surface area contributed by atoms with Crippen molar-refractivity contribution in [2.45, 2.75) is 39.7 Å². The highest BCUT2D eigenvalue weighted by molar-refractivity contribution is 8.93. The molecule has 0 spiro atoms. The fourth-order valence-corrected chi connectivity index (χ4v) is 4.36. The molecule has 0 atom stereocenters. The van der Waals surface area contributed by atoms with E-state index >= 15 is 0 Å². The molecule has 0 bridgehead atoms. The van der Waals surface area contributed by atoms with Crippen LogP contribution in [-0.2, 0) is 21.8 Å². The summed E-state index contributed by atoms with van der Waals surface area (Å²) < 4.78 is 28.8. The maximum Gasteiger partial charge on any atom is 0.273 e. The average molecular weight is 597 g/mol. The molecule has 2 aromatic rings. The molecule has 0 aliphatic carbocycles. The van der Waals surface area contributed by atoms with Gasteiger partial charge in [0.15, 0.2) is 27.1 Å². The van der Waals surface area contributed by atoms with Gasteiger partial charge in [0.2, 0.25) is 0 Å². The molecule has 0 radical (unpaired) electrons. The van der Waals surface area contributed by atoms with Crippen LogP contribution in [0.25, 0.3) is 0 Å². The summed E-state index contributed by atoms with van der Waals surface area (Å²) in [5.74, 6) is -0.411. The Morgan fingerprint density at radius 3 is 2.46 bits per heavy atom. The van der Waals surface area contributed by atoms with Crippen LogP contribution in [0, 0.1) is 5.41 Å². The van der Waals surface area contributed by atoms with Gasteiger partial charge in [-0.2, -0.15) is 0 Å². The van der Waals surface area contributed by atoms with Crippen molar-refractivity contribution in [3.8, 4) is 5.75 Å². The zero-order chi connectivity index (χ0) is 26.8. The lowest BCUT2D eigenvalue weighted by molar-refractivity contribution is 0.0949. The van der Waals surface area contributed by atoms with Crippen molar-refractivity contribution in [2.24, 2.45) is 0 Å². The molecule has 1 aromatic heterocycles. The second-order valence-electron chi connectivity index (χ2n) is 9.74. The maximum atomic E-state index is 13.2. The van der Waals surface area contributed by atoms with Gasteiger partial charge in [0.05, 0.1) is 13.2 Å². The molecular formula is C25H34BrN5O5S. The molecule has 1 amide bonds. The normalized spacial score (nSPS) is 13.0. The van der Waals surface area contributed by atoms with Crippen LogP contribution in [0.1, 0.15) is 65.4 Å². The Bertz CT molecular complexity index is 1320. The smallest absolute Gasteiger partial charge is 0.273 e. The van der Waals surface area contributed by atoms with Crippen LogP contribution in [0.3, 0.4) is 0 Å². The average Bonchev–Trinajstić information content (AvgIpc) is 3.09. The molecule has 1 aliphatic rings. The number of pyridine rings is 1. The van der Waals surface area contributed by atoms with Crippen molar-refractivity contribution >= 4 is 50.0 Å². The van der Waals surface area contributed by atoms with E-state index in [1.54, 1.807) is 29.2 Å². The molecule has 202 valence electrons. The lowest BCUT2D eigenvalue weighted by Gasteiger charge is -2.24. The topological polar surface area (TPSA) is 142 Å². The summed E-state index contributed by atoms with van der Waals surface area (Å²) >= 11 is 0. The van der Waals surface area contributed by atoms with Gasteiger partial charge in [0.1, 0.15) is 17.4 Å². The number of amidine groups is 1. The van der Waals surface area contributed by atoms with Gasteiger partial charge in [-0.25, -0.2) is 13.4 Å². The molecule has 0 unspecified atom stereocenters. The summed E-state index contributed by atoms with van der Waals surface area (Å²) in [4.78, 5) is 31.5. The predicted molar refractivity (Wildman–Crippen MR) is 149 cm³/mol. The maximum absolute atomic E-state index is 13.2. The second kappa shape index (κ2) is 11.6. The summed E-state index contributed by atoms with van der Waals surface area (Å²) in [5.41, 5.74) is 2.74. The van der Waals surface area contributed by atoms with Crippen molar-refractivity contribution in [2.75, 3.05) is 37.6 Å². The molecule has 3 rings (SSSR count). The quantitative estimate of drug-likeness (QED) is 0.375. The molecule has 3 N–H and O–H groups in total. The first-order valence-corrected chi connectivity index (χ1v) is 13.6. The zero-order valence-electron chi connectivity index (χ0n) is 21.9. The third kappa shape index (κ3) is 7.07. The minimum atomic E-state index is -3.22. The van der Waals surface area contributed by atoms with Crippen molar-refractivity contribution in [3.05, 3.63) is 52.3 Å². The van der Waals surface area contributed by atoms with E-state index < -0.39 is 15.7 Å². The molecule has 2 heterocycles. The molecule has 12 heteroatoms. The van der Waals surface area contributed by atoms with Crippen LogP contribution < -0.4 is 15.4 Å². The molecule has 10 nitrogen and oxygen atoms in total. The summed E-state index contributed by atoms with van der Waals surface area (Å²) in [6, 6.07) is 6.85. The number of fused-ring (bicyclic) bond motifs is 1. The number of hydrogen-bond acceptors (Lipinski definition) is 8. The number of ether oxygens (including phenoxy) is 1. The van der Waals surface area contributed by atoms with Gasteiger partial charge in [-0.3, -0.25) is 15.0 Å². The van der Waals surface area contributed by atoms with Gasteiger partial charge in [-0.05, 0) is 42.2 Å². The van der Waals surface area contributed by atoms with Crippen LogP contribution in [-0.4, -0.2) is 68.2 Å². The second-order valence-corrected chi connectivity index (χ2v) is 11.9. The molecule has 37 heavy (non-hydrogen) atoms. The summed E-state index contributed by atoms with van der Waals surface area (Å²) in [6.07, 6.45) is 1.15. The zero-order valence-corrected chi connectivity index (χ0v) is 24.4. The summed E-state index contributed by atoms with van der Waals surface area (Å²) in [7, 11) is -1.73. The Labute approximate surface area is 228 Å². The summed E-state index contributed by atoms with van der Waals surface area (Å²) in [5, 5.41) is 14.1. The SMILES string of the molecule is Br.CCOc1cc2c(nc1C(=O)NC)C(=N)N(CC(=O)c1ccc(NCS(C)(=O)=O)c(C(C)(C)C)c1)C2. The van der Waals surface area contributed by atoms with Gasteiger partial charge in [-0.1, -0.05) is 20.8 Å². The Morgan fingerprint density at radius 1 is 1.22 bits per heavy atom. The lowest BCUT2D eigenvalue weighted by atomic mass is 9.84. The van der Waals surface area contributed by atoms with E-state index in [1.165, 1.54) is 7.05 Å². The lowest BCUT2D eigenvalue weighted by Crippen LogP contribution is -2.31. The highest BCUT2D eigenvalue weighted by Gasteiger charge is 2.31. The first kappa shape index (κ1) is 30.2. The third-order valence-corrected chi connectivity index (χ3v) is 6.39. The van der Waals surface area contributed by atoms with Crippen LogP contribution in [0.5, 0.6) is 5.75 Å². The molecule has 1 aliphatic heterocycles.